The zero-order valence-corrected chi connectivity index (χ0v) is 15.7. The van der Waals surface area contributed by atoms with E-state index in [-0.39, 0.29) is 18.9 Å². The fourth-order valence-corrected chi connectivity index (χ4v) is 3.92. The molecule has 1 aromatic heterocycles. The Hall–Kier alpha value is -3.20. The predicted octanol–water partition coefficient (Wildman–Crippen LogP) is 0.743. The summed E-state index contributed by atoms with van der Waals surface area (Å²) in [6, 6.07) is 1.25. The Kier molecular flexibility index (Phi) is 4.38. The average Bonchev–Trinajstić information content (AvgIpc) is 3.13. The monoisotopic (exact) mass is 387 g/mol. The van der Waals surface area contributed by atoms with E-state index in [0.29, 0.717) is 35.8 Å². The number of fused-ring (bicyclic) bond motifs is 2. The lowest BCUT2D eigenvalue weighted by Gasteiger charge is -2.35. The lowest BCUT2D eigenvalue weighted by Crippen LogP contribution is -2.40. The van der Waals surface area contributed by atoms with Crippen LogP contribution in [0.1, 0.15) is 22.7 Å². The van der Waals surface area contributed by atoms with E-state index in [1.807, 2.05) is 18.0 Å². The number of nitrogens with one attached hydrogen (secondary N) is 1. The van der Waals surface area contributed by atoms with Gasteiger partial charge in [-0.25, -0.2) is 4.79 Å². The van der Waals surface area contributed by atoms with Crippen molar-refractivity contribution in [2.75, 3.05) is 27.5 Å². The second-order valence-electron chi connectivity index (χ2n) is 6.75. The van der Waals surface area contributed by atoms with Crippen molar-refractivity contribution in [1.82, 2.24) is 14.5 Å². The number of aromatic nitrogens is 2. The molecular formula is C19H21N3O6. The normalized spacial score (nSPS) is 18.0. The Morgan fingerprint density at radius 1 is 1.39 bits per heavy atom. The third-order valence-corrected chi connectivity index (χ3v) is 5.19. The molecule has 0 saturated carbocycles. The number of nitrogens with zero attached hydrogens (tertiary/aromatic N) is 2. The van der Waals surface area contributed by atoms with Crippen LogP contribution in [-0.4, -0.2) is 47.1 Å². The van der Waals surface area contributed by atoms with Crippen molar-refractivity contribution >= 4 is 0 Å². The van der Waals surface area contributed by atoms with Gasteiger partial charge < -0.3 is 19.3 Å². The zero-order valence-electron chi connectivity index (χ0n) is 15.7. The number of hydrogen-bond acceptors (Lipinski definition) is 7. The molecular weight excluding hydrogens is 366 g/mol. The average molecular weight is 387 g/mol. The number of H-pyrrole nitrogens is 1. The van der Waals surface area contributed by atoms with Crippen LogP contribution in [-0.2, 0) is 13.0 Å². The summed E-state index contributed by atoms with van der Waals surface area (Å²) in [5.41, 5.74) is 0.381. The SMILES string of the molecule is C=CCn1c(O)c([C@@H]2c3c(cc4c(c3OC)OCO4)CCN2C)c(=O)[nH]c1=O. The van der Waals surface area contributed by atoms with Crippen LogP contribution in [0.5, 0.6) is 23.1 Å². The number of likely N-dealkylation sites (N-methyl/N-ethyl adjacent to an activating group) is 1. The van der Waals surface area contributed by atoms with E-state index in [1.165, 1.54) is 13.2 Å². The molecule has 2 aromatic rings. The summed E-state index contributed by atoms with van der Waals surface area (Å²) in [5.74, 6) is 1.13. The lowest BCUT2D eigenvalue weighted by molar-refractivity contribution is 0.170. The number of benzene rings is 1. The Labute approximate surface area is 160 Å². The van der Waals surface area contributed by atoms with E-state index in [4.69, 9.17) is 14.2 Å². The smallest absolute Gasteiger partial charge is 0.331 e. The largest absolute Gasteiger partial charge is 0.494 e. The highest BCUT2D eigenvalue weighted by Gasteiger charge is 2.38. The summed E-state index contributed by atoms with van der Waals surface area (Å²) in [4.78, 5) is 29.1. The van der Waals surface area contributed by atoms with Crippen LogP contribution in [0.4, 0.5) is 0 Å². The molecule has 2 aliphatic heterocycles. The second kappa shape index (κ2) is 6.75. The van der Waals surface area contributed by atoms with Gasteiger partial charge in [-0.05, 0) is 25.1 Å². The minimum Gasteiger partial charge on any atom is -0.494 e. The first-order valence-corrected chi connectivity index (χ1v) is 8.84. The van der Waals surface area contributed by atoms with E-state index >= 15 is 0 Å². The fraction of sp³-hybridized carbons (Fsp3) is 0.368. The van der Waals surface area contributed by atoms with Crippen molar-refractivity contribution < 1.29 is 19.3 Å². The second-order valence-corrected chi connectivity index (χ2v) is 6.75. The molecule has 0 unspecified atom stereocenters. The first-order valence-electron chi connectivity index (χ1n) is 8.84. The van der Waals surface area contributed by atoms with Crippen molar-refractivity contribution in [2.45, 2.75) is 19.0 Å². The van der Waals surface area contributed by atoms with Gasteiger partial charge in [0.15, 0.2) is 11.5 Å². The quantitative estimate of drug-likeness (QED) is 0.746. The van der Waals surface area contributed by atoms with E-state index in [2.05, 4.69) is 11.6 Å². The van der Waals surface area contributed by atoms with Gasteiger partial charge in [0, 0.05) is 18.7 Å². The summed E-state index contributed by atoms with van der Waals surface area (Å²) in [6.45, 7) is 4.39. The minimum atomic E-state index is -0.692. The molecule has 28 heavy (non-hydrogen) atoms. The number of rotatable bonds is 4. The number of ether oxygens (including phenoxy) is 3. The fourth-order valence-electron chi connectivity index (χ4n) is 3.92. The zero-order chi connectivity index (χ0) is 20.0. The van der Waals surface area contributed by atoms with Crippen LogP contribution < -0.4 is 25.5 Å². The summed E-state index contributed by atoms with van der Waals surface area (Å²) in [7, 11) is 3.37. The van der Waals surface area contributed by atoms with Gasteiger partial charge in [-0.3, -0.25) is 19.2 Å². The van der Waals surface area contributed by atoms with Crippen molar-refractivity contribution in [3.05, 3.63) is 56.2 Å². The predicted molar refractivity (Wildman–Crippen MR) is 100 cm³/mol. The number of allylic oxidation sites excluding steroid dienone is 1. The molecule has 0 fully saturated rings. The molecule has 2 N–H and O–H groups in total. The molecule has 0 spiro atoms. The Morgan fingerprint density at radius 3 is 2.89 bits per heavy atom. The lowest BCUT2D eigenvalue weighted by atomic mass is 9.87. The van der Waals surface area contributed by atoms with Crippen LogP contribution in [0.25, 0.3) is 0 Å². The topological polar surface area (TPSA) is 106 Å². The highest BCUT2D eigenvalue weighted by molar-refractivity contribution is 5.63. The van der Waals surface area contributed by atoms with Crippen LogP contribution in [0, 0.1) is 0 Å². The van der Waals surface area contributed by atoms with Crippen molar-refractivity contribution in [3.63, 3.8) is 0 Å². The van der Waals surface area contributed by atoms with Gasteiger partial charge in [0.2, 0.25) is 18.4 Å². The van der Waals surface area contributed by atoms with Gasteiger partial charge >= 0.3 is 5.69 Å². The Morgan fingerprint density at radius 2 is 2.18 bits per heavy atom. The van der Waals surface area contributed by atoms with E-state index < -0.39 is 23.2 Å². The van der Waals surface area contributed by atoms with Crippen molar-refractivity contribution in [1.29, 1.82) is 0 Å². The molecule has 9 heteroatoms. The molecule has 2 aliphatic rings. The highest BCUT2D eigenvalue weighted by Crippen LogP contribution is 2.51. The maximum atomic E-state index is 12.7. The first kappa shape index (κ1) is 18.2. The molecule has 0 saturated heterocycles. The summed E-state index contributed by atoms with van der Waals surface area (Å²) >= 11 is 0. The molecule has 0 aliphatic carbocycles. The standard InChI is InChI=1S/C19H21N3O6/c1-4-6-22-18(24)13(17(23)20-19(22)25)14-12-10(5-7-21(14)2)8-11-15(16(12)26-3)28-9-27-11/h4,8,14,24H,1,5-7,9H2,2-3H3,(H,20,23,25)/t14-/m0/s1. The molecule has 0 radical (unpaired) electrons. The third kappa shape index (κ3) is 2.58. The summed E-state index contributed by atoms with van der Waals surface area (Å²) < 4.78 is 17.8. The maximum Gasteiger partial charge on any atom is 0.331 e. The molecule has 3 heterocycles. The van der Waals surface area contributed by atoms with E-state index in [9.17, 15) is 14.7 Å². The molecule has 4 rings (SSSR count). The van der Waals surface area contributed by atoms with Crippen LogP contribution in [0.3, 0.4) is 0 Å². The van der Waals surface area contributed by atoms with Crippen molar-refractivity contribution in [2.24, 2.45) is 0 Å². The Bertz CT molecular complexity index is 1070. The molecule has 0 bridgehead atoms. The van der Waals surface area contributed by atoms with Gasteiger partial charge in [0.1, 0.15) is 0 Å². The highest BCUT2D eigenvalue weighted by atomic mass is 16.7. The molecule has 148 valence electrons. The van der Waals surface area contributed by atoms with Crippen LogP contribution >= 0.6 is 0 Å². The number of methoxy groups -OCH3 is 1. The number of hydrogen-bond donors (Lipinski definition) is 2. The summed E-state index contributed by atoms with van der Waals surface area (Å²) in [6.07, 6.45) is 2.18. The van der Waals surface area contributed by atoms with Gasteiger partial charge in [0.05, 0.1) is 18.7 Å². The minimum absolute atomic E-state index is 0.0655. The number of aromatic hydroxyl groups is 1. The van der Waals surface area contributed by atoms with Gasteiger partial charge in [-0.2, -0.15) is 0 Å². The van der Waals surface area contributed by atoms with Crippen LogP contribution in [0.15, 0.2) is 28.3 Å². The van der Waals surface area contributed by atoms with Gasteiger partial charge in [-0.1, -0.05) is 6.08 Å². The molecule has 0 amide bonds. The van der Waals surface area contributed by atoms with E-state index in [0.717, 1.165) is 10.1 Å². The maximum absolute atomic E-state index is 12.7. The molecule has 1 atom stereocenters. The van der Waals surface area contributed by atoms with Gasteiger partial charge in [0.25, 0.3) is 5.56 Å². The van der Waals surface area contributed by atoms with E-state index in [1.54, 1.807) is 0 Å². The summed E-state index contributed by atoms with van der Waals surface area (Å²) in [5, 5.41) is 10.8. The third-order valence-electron chi connectivity index (χ3n) is 5.19. The van der Waals surface area contributed by atoms with Crippen LogP contribution in [0.2, 0.25) is 0 Å². The van der Waals surface area contributed by atoms with Gasteiger partial charge in [-0.15, -0.1) is 6.58 Å². The first-order chi connectivity index (χ1) is 13.5. The molecule has 9 nitrogen and oxygen atoms in total. The number of aromatic amines is 1. The Balaban J connectivity index is 2.01. The van der Waals surface area contributed by atoms with Crippen molar-refractivity contribution in [3.8, 4) is 23.1 Å². The molecule has 1 aromatic carbocycles.